The number of rotatable bonds is 8. The van der Waals surface area contributed by atoms with Crippen LogP contribution in [-0.2, 0) is 0 Å². The summed E-state index contributed by atoms with van der Waals surface area (Å²) in [6, 6.07) is 37.3. The fourth-order valence-electron chi connectivity index (χ4n) is 4.83. The molecule has 1 heterocycles. The summed E-state index contributed by atoms with van der Waals surface area (Å²) in [6.45, 7) is 8.98. The fourth-order valence-corrected chi connectivity index (χ4v) is 4.83. The number of oxazole rings is 1. The van der Waals surface area contributed by atoms with Crippen molar-refractivity contribution >= 4 is 5.69 Å². The van der Waals surface area contributed by atoms with Crippen molar-refractivity contribution in [1.82, 2.24) is 4.98 Å². The maximum absolute atomic E-state index is 6.67. The molecule has 1 unspecified atom stereocenters. The summed E-state index contributed by atoms with van der Waals surface area (Å²) in [5.74, 6) is 2.19. The van der Waals surface area contributed by atoms with Crippen LogP contribution in [0.25, 0.3) is 22.6 Å². The summed E-state index contributed by atoms with van der Waals surface area (Å²) in [7, 11) is 0. The Morgan fingerprint density at radius 3 is 1.65 bits per heavy atom. The van der Waals surface area contributed by atoms with Crippen LogP contribution in [0.3, 0.4) is 0 Å². The zero-order valence-electron chi connectivity index (χ0n) is 22.0. The third-order valence-electron chi connectivity index (χ3n) is 6.77. The van der Waals surface area contributed by atoms with Gasteiger partial charge in [-0.2, -0.15) is 0 Å². The molecular formula is C34H34N2O. The molecule has 0 aliphatic carbocycles. The first-order valence-corrected chi connectivity index (χ1v) is 13.1. The van der Waals surface area contributed by atoms with E-state index in [4.69, 9.17) is 9.40 Å². The molecule has 0 amide bonds. The van der Waals surface area contributed by atoms with Crippen molar-refractivity contribution in [3.63, 3.8) is 0 Å². The van der Waals surface area contributed by atoms with E-state index >= 15 is 0 Å². The normalized spacial score (nSPS) is 12.2. The van der Waals surface area contributed by atoms with Crippen LogP contribution < -0.4 is 5.32 Å². The zero-order chi connectivity index (χ0) is 25.8. The van der Waals surface area contributed by atoms with Crippen molar-refractivity contribution in [2.45, 2.75) is 45.6 Å². The van der Waals surface area contributed by atoms with Crippen LogP contribution in [0.15, 0.2) is 114 Å². The first-order valence-electron chi connectivity index (χ1n) is 13.1. The number of nitrogens with zero attached hydrogens (tertiary/aromatic N) is 1. The predicted octanol–water partition coefficient (Wildman–Crippen LogP) is 9.46. The van der Waals surface area contributed by atoms with E-state index < -0.39 is 0 Å². The Hall–Kier alpha value is -4.11. The Kier molecular flexibility index (Phi) is 7.23. The molecule has 186 valence electrons. The van der Waals surface area contributed by atoms with Crippen molar-refractivity contribution in [1.29, 1.82) is 0 Å². The van der Waals surface area contributed by atoms with Gasteiger partial charge in [0.05, 0.1) is 0 Å². The van der Waals surface area contributed by atoms with Gasteiger partial charge < -0.3 is 9.73 Å². The first-order chi connectivity index (χ1) is 18.0. The highest BCUT2D eigenvalue weighted by Crippen LogP contribution is 2.40. The molecule has 0 aliphatic rings. The average Bonchev–Trinajstić information content (AvgIpc) is 3.38. The van der Waals surface area contributed by atoms with E-state index in [1.54, 1.807) is 0 Å². The molecule has 0 fully saturated rings. The van der Waals surface area contributed by atoms with Gasteiger partial charge in [-0.15, -0.1) is 0 Å². The minimum absolute atomic E-state index is 0.251. The van der Waals surface area contributed by atoms with Crippen LogP contribution in [-0.4, -0.2) is 4.98 Å². The summed E-state index contributed by atoms with van der Waals surface area (Å²) in [5.41, 5.74) is 7.77. The lowest BCUT2D eigenvalue weighted by atomic mass is 9.91. The van der Waals surface area contributed by atoms with E-state index in [-0.39, 0.29) is 6.04 Å². The summed E-state index contributed by atoms with van der Waals surface area (Å²) >= 11 is 0. The minimum atomic E-state index is -0.251. The molecule has 0 aliphatic heterocycles. The van der Waals surface area contributed by atoms with Gasteiger partial charge in [-0.05, 0) is 28.5 Å². The molecule has 0 saturated carbocycles. The number of aromatic nitrogens is 1. The van der Waals surface area contributed by atoms with Crippen molar-refractivity contribution < 1.29 is 4.42 Å². The molecule has 1 N–H and O–H groups in total. The highest BCUT2D eigenvalue weighted by Gasteiger charge is 2.26. The lowest BCUT2D eigenvalue weighted by Crippen LogP contribution is -2.16. The highest BCUT2D eigenvalue weighted by atomic mass is 16.4. The highest BCUT2D eigenvalue weighted by molar-refractivity contribution is 5.77. The summed E-state index contributed by atoms with van der Waals surface area (Å²) < 4.78 is 6.67. The smallest absolute Gasteiger partial charge is 0.222 e. The molecular weight excluding hydrogens is 452 g/mol. The van der Waals surface area contributed by atoms with Crippen molar-refractivity contribution in [2.24, 2.45) is 0 Å². The molecule has 1 aromatic heterocycles. The lowest BCUT2D eigenvalue weighted by molar-refractivity contribution is 0.494. The quantitative estimate of drug-likeness (QED) is 0.237. The Morgan fingerprint density at radius 2 is 1.11 bits per heavy atom. The molecule has 37 heavy (non-hydrogen) atoms. The average molecular weight is 487 g/mol. The minimum Gasteiger partial charge on any atom is -0.437 e. The van der Waals surface area contributed by atoms with Gasteiger partial charge in [-0.25, -0.2) is 4.98 Å². The van der Waals surface area contributed by atoms with Gasteiger partial charge in [-0.3, -0.25) is 0 Å². The van der Waals surface area contributed by atoms with Crippen LogP contribution >= 0.6 is 0 Å². The molecule has 3 nitrogen and oxygen atoms in total. The Bertz CT molecular complexity index is 1350. The zero-order valence-corrected chi connectivity index (χ0v) is 22.0. The number of para-hydroxylation sites is 1. The fraction of sp³-hybridized carbons (Fsp3) is 0.206. The Labute approximate surface area is 220 Å². The summed E-state index contributed by atoms with van der Waals surface area (Å²) in [4.78, 5) is 5.15. The molecule has 1 atom stereocenters. The maximum atomic E-state index is 6.67. The maximum Gasteiger partial charge on any atom is 0.222 e. The van der Waals surface area contributed by atoms with E-state index in [0.717, 1.165) is 28.1 Å². The van der Waals surface area contributed by atoms with Crippen LogP contribution in [0.4, 0.5) is 5.69 Å². The number of hydrogen-bond acceptors (Lipinski definition) is 3. The predicted molar refractivity (Wildman–Crippen MR) is 154 cm³/mol. The summed E-state index contributed by atoms with van der Waals surface area (Å²) in [6.07, 6.45) is 0. The van der Waals surface area contributed by atoms with Gasteiger partial charge in [-0.1, -0.05) is 137 Å². The van der Waals surface area contributed by atoms with Gasteiger partial charge >= 0.3 is 0 Å². The van der Waals surface area contributed by atoms with E-state index in [1.165, 1.54) is 16.8 Å². The second-order valence-corrected chi connectivity index (χ2v) is 10.1. The Balaban J connectivity index is 1.70. The van der Waals surface area contributed by atoms with Gasteiger partial charge in [0.1, 0.15) is 11.7 Å². The molecule has 5 aromatic rings. The van der Waals surface area contributed by atoms with Gasteiger partial charge in [0.15, 0.2) is 5.76 Å². The van der Waals surface area contributed by atoms with Crippen LogP contribution in [0, 0.1) is 0 Å². The SMILES string of the molecule is CC(C)c1cccc(C(C)C)c1NC(c1ccccc1)c1nc(-c2ccccc2)c(-c2ccccc2)o1. The second kappa shape index (κ2) is 10.9. The molecule has 0 saturated heterocycles. The topological polar surface area (TPSA) is 38.1 Å². The summed E-state index contributed by atoms with van der Waals surface area (Å²) in [5, 5.41) is 3.90. The number of nitrogens with one attached hydrogen (secondary N) is 1. The van der Waals surface area contributed by atoms with E-state index in [2.05, 4.69) is 99.7 Å². The van der Waals surface area contributed by atoms with E-state index in [0.29, 0.717) is 17.7 Å². The molecule has 5 rings (SSSR count). The molecule has 4 aromatic carbocycles. The third kappa shape index (κ3) is 5.22. The largest absolute Gasteiger partial charge is 0.437 e. The first kappa shape index (κ1) is 24.6. The monoisotopic (exact) mass is 486 g/mol. The molecule has 0 bridgehead atoms. The van der Waals surface area contributed by atoms with Crippen molar-refractivity contribution in [3.05, 3.63) is 132 Å². The van der Waals surface area contributed by atoms with Crippen molar-refractivity contribution in [2.75, 3.05) is 5.32 Å². The van der Waals surface area contributed by atoms with Crippen molar-refractivity contribution in [3.8, 4) is 22.6 Å². The Morgan fingerprint density at radius 1 is 0.595 bits per heavy atom. The third-order valence-corrected chi connectivity index (χ3v) is 6.77. The van der Waals surface area contributed by atoms with E-state index in [1.807, 2.05) is 42.5 Å². The number of hydrogen-bond donors (Lipinski definition) is 1. The van der Waals surface area contributed by atoms with Gasteiger partial charge in [0.25, 0.3) is 0 Å². The molecule has 3 heteroatoms. The van der Waals surface area contributed by atoms with Gasteiger partial charge in [0, 0.05) is 16.8 Å². The number of anilines is 1. The standard InChI is InChI=1S/C34H34N2O/c1-23(2)28-21-14-22-29(24(3)4)32(28)35-31(26-17-10-6-11-18-26)34-36-30(25-15-8-5-9-16-25)33(37-34)27-19-12-7-13-20-27/h5-24,31,35H,1-4H3. The molecule has 0 spiro atoms. The van der Waals surface area contributed by atoms with Crippen LogP contribution in [0.1, 0.15) is 68.2 Å². The van der Waals surface area contributed by atoms with Crippen LogP contribution in [0.5, 0.6) is 0 Å². The number of benzene rings is 4. The van der Waals surface area contributed by atoms with Crippen LogP contribution in [0.2, 0.25) is 0 Å². The van der Waals surface area contributed by atoms with Gasteiger partial charge in [0.2, 0.25) is 5.89 Å². The molecule has 0 radical (unpaired) electrons. The second-order valence-electron chi connectivity index (χ2n) is 10.1. The lowest BCUT2D eigenvalue weighted by Gasteiger charge is -2.25. The van der Waals surface area contributed by atoms with E-state index in [9.17, 15) is 0 Å².